The fourth-order valence-corrected chi connectivity index (χ4v) is 6.52. The number of rotatable bonds is 17. The molecule has 0 aliphatic heterocycles. The third-order valence-corrected chi connectivity index (χ3v) is 9.72. The third-order valence-electron chi connectivity index (χ3n) is 9.72. The van der Waals surface area contributed by atoms with Crippen LogP contribution in [0.3, 0.4) is 0 Å². The molecule has 1 unspecified atom stereocenters. The SMILES string of the molecule is C=C(CCC1=CC=C(/C=C/C(=C/C=C(\C=C\O)N(O)CCCO)Cc2ccccc2)C1CC)C(C)(C)C1=CC=C(c2ccccc2)CC1. The number of allylic oxidation sites excluding steroid dienone is 15. The minimum Gasteiger partial charge on any atom is -0.516 e. The van der Waals surface area contributed by atoms with Crippen LogP contribution in [0.15, 0.2) is 162 Å². The molecule has 0 radical (unpaired) electrons. The van der Waals surface area contributed by atoms with Crippen LogP contribution < -0.4 is 0 Å². The Balaban J connectivity index is 1.43. The van der Waals surface area contributed by atoms with E-state index in [1.807, 2.05) is 24.3 Å². The van der Waals surface area contributed by atoms with Crippen molar-refractivity contribution in [1.29, 1.82) is 0 Å². The molecule has 48 heavy (non-hydrogen) atoms. The van der Waals surface area contributed by atoms with Gasteiger partial charge in [0, 0.05) is 24.5 Å². The Hall–Kier alpha value is -4.38. The van der Waals surface area contributed by atoms with Crippen LogP contribution in [-0.2, 0) is 6.42 Å². The Labute approximate surface area is 288 Å². The minimum absolute atomic E-state index is 0.0216. The second-order valence-corrected chi connectivity index (χ2v) is 13.2. The highest BCUT2D eigenvalue weighted by Crippen LogP contribution is 2.43. The standard InChI is InChI=1S/C44H53NO3/c1-5-43-39(20-17-34(2)44(3,4)41-26-24-38(25-27-41)37-15-10-7-11-16-37)22-23-40(43)21-18-36(33-35-13-8-6-9-14-35)19-28-42(29-32-47)45(48)30-12-31-46/h6-11,13-16,18-19,21-24,26,28-29,32,43,46-48H,2,5,12,17,20,25,27,30-31,33H2,1,3-4H3/b21-18+,32-29+,36-19-,42-28+. The van der Waals surface area contributed by atoms with E-state index >= 15 is 0 Å². The van der Waals surface area contributed by atoms with Crippen molar-refractivity contribution in [2.45, 2.75) is 65.7 Å². The van der Waals surface area contributed by atoms with Gasteiger partial charge in [-0.05, 0) is 84.9 Å². The third kappa shape index (κ3) is 10.1. The fourth-order valence-electron chi connectivity index (χ4n) is 6.52. The lowest BCUT2D eigenvalue weighted by molar-refractivity contribution is -0.0543. The number of aliphatic hydroxyl groups is 2. The van der Waals surface area contributed by atoms with Gasteiger partial charge in [0.25, 0.3) is 0 Å². The van der Waals surface area contributed by atoms with E-state index in [2.05, 4.69) is 106 Å². The molecule has 2 aromatic carbocycles. The van der Waals surface area contributed by atoms with Crippen molar-refractivity contribution < 1.29 is 15.4 Å². The first-order valence-electron chi connectivity index (χ1n) is 17.3. The summed E-state index contributed by atoms with van der Waals surface area (Å²) in [6.07, 6.45) is 26.0. The molecule has 2 aliphatic rings. The summed E-state index contributed by atoms with van der Waals surface area (Å²) in [7, 11) is 0. The number of hydroxylamine groups is 2. The van der Waals surface area contributed by atoms with Crippen molar-refractivity contribution in [3.05, 3.63) is 173 Å². The van der Waals surface area contributed by atoms with Gasteiger partial charge in [0.15, 0.2) is 0 Å². The molecule has 4 rings (SSSR count). The minimum atomic E-state index is -0.0489. The average Bonchev–Trinajstić information content (AvgIpc) is 3.52. The number of benzene rings is 2. The van der Waals surface area contributed by atoms with E-state index in [-0.39, 0.29) is 18.6 Å². The molecule has 0 aromatic heterocycles. The van der Waals surface area contributed by atoms with Gasteiger partial charge in [0.1, 0.15) is 0 Å². The molecular formula is C44H53NO3. The van der Waals surface area contributed by atoms with Crippen molar-refractivity contribution in [3.8, 4) is 0 Å². The van der Waals surface area contributed by atoms with Crippen LogP contribution in [0.25, 0.3) is 5.57 Å². The van der Waals surface area contributed by atoms with Crippen LogP contribution in [0.5, 0.6) is 0 Å². The predicted octanol–water partition coefficient (Wildman–Crippen LogP) is 10.8. The zero-order valence-corrected chi connectivity index (χ0v) is 29.0. The Morgan fingerprint density at radius 2 is 1.67 bits per heavy atom. The van der Waals surface area contributed by atoms with Gasteiger partial charge in [0.05, 0.1) is 12.0 Å². The molecule has 0 heterocycles. The molecule has 0 amide bonds. The van der Waals surface area contributed by atoms with Crippen LogP contribution in [0, 0.1) is 11.3 Å². The van der Waals surface area contributed by atoms with Crippen LogP contribution >= 0.6 is 0 Å². The van der Waals surface area contributed by atoms with Crippen molar-refractivity contribution >= 4 is 5.57 Å². The molecule has 0 spiro atoms. The fraction of sp³-hybridized carbons (Fsp3) is 0.318. The van der Waals surface area contributed by atoms with Crippen LogP contribution in [0.4, 0.5) is 0 Å². The topological polar surface area (TPSA) is 63.9 Å². The molecular weight excluding hydrogens is 590 g/mol. The smallest absolute Gasteiger partial charge is 0.0813 e. The lowest BCUT2D eigenvalue weighted by Gasteiger charge is -2.33. The Morgan fingerprint density at radius 3 is 2.31 bits per heavy atom. The molecule has 4 heteroatoms. The second-order valence-electron chi connectivity index (χ2n) is 13.2. The quantitative estimate of drug-likeness (QED) is 0.0695. The first-order chi connectivity index (χ1) is 23.3. The largest absolute Gasteiger partial charge is 0.516 e. The zero-order chi connectivity index (χ0) is 34.4. The number of aliphatic hydroxyl groups excluding tert-OH is 2. The lowest BCUT2D eigenvalue weighted by atomic mass is 9.72. The maximum absolute atomic E-state index is 10.5. The van der Waals surface area contributed by atoms with Crippen molar-refractivity contribution in [3.63, 3.8) is 0 Å². The summed E-state index contributed by atoms with van der Waals surface area (Å²) < 4.78 is 0. The summed E-state index contributed by atoms with van der Waals surface area (Å²) in [5, 5.41) is 30.1. The van der Waals surface area contributed by atoms with E-state index < -0.39 is 0 Å². The van der Waals surface area contributed by atoms with Gasteiger partial charge in [0.2, 0.25) is 0 Å². The monoisotopic (exact) mass is 643 g/mol. The van der Waals surface area contributed by atoms with Gasteiger partial charge in [-0.15, -0.1) is 0 Å². The maximum atomic E-state index is 10.5. The summed E-state index contributed by atoms with van der Waals surface area (Å²) in [4.78, 5) is 0. The summed E-state index contributed by atoms with van der Waals surface area (Å²) >= 11 is 0. The van der Waals surface area contributed by atoms with E-state index in [1.165, 1.54) is 45.1 Å². The van der Waals surface area contributed by atoms with Gasteiger partial charge in [-0.25, -0.2) is 0 Å². The van der Waals surface area contributed by atoms with Crippen molar-refractivity contribution in [2.75, 3.05) is 13.2 Å². The molecule has 1 atom stereocenters. The van der Waals surface area contributed by atoms with E-state index in [4.69, 9.17) is 0 Å². The van der Waals surface area contributed by atoms with Gasteiger partial charge in [-0.3, -0.25) is 10.3 Å². The van der Waals surface area contributed by atoms with Gasteiger partial charge < -0.3 is 10.2 Å². The number of nitrogens with zero attached hydrogens (tertiary/aromatic N) is 1. The zero-order valence-electron chi connectivity index (χ0n) is 29.0. The molecule has 3 N–H and O–H groups in total. The highest BCUT2D eigenvalue weighted by Gasteiger charge is 2.28. The molecule has 4 nitrogen and oxygen atoms in total. The summed E-state index contributed by atoms with van der Waals surface area (Å²) in [6.45, 7) is 11.8. The molecule has 2 aromatic rings. The van der Waals surface area contributed by atoms with Crippen LogP contribution in [0.1, 0.15) is 70.4 Å². The van der Waals surface area contributed by atoms with E-state index in [0.29, 0.717) is 18.0 Å². The van der Waals surface area contributed by atoms with Crippen LogP contribution in [-0.4, -0.2) is 33.6 Å². The van der Waals surface area contributed by atoms with Crippen molar-refractivity contribution in [1.82, 2.24) is 5.06 Å². The first-order valence-corrected chi connectivity index (χ1v) is 17.3. The Morgan fingerprint density at radius 1 is 0.938 bits per heavy atom. The van der Waals surface area contributed by atoms with Crippen LogP contribution in [0.2, 0.25) is 0 Å². The highest BCUT2D eigenvalue weighted by atomic mass is 16.5. The maximum Gasteiger partial charge on any atom is 0.0813 e. The predicted molar refractivity (Wildman–Crippen MR) is 201 cm³/mol. The highest BCUT2D eigenvalue weighted by molar-refractivity contribution is 5.69. The second kappa shape index (κ2) is 18.2. The normalized spacial score (nSPS) is 17.4. The summed E-state index contributed by atoms with van der Waals surface area (Å²) in [6, 6.07) is 21.0. The average molecular weight is 644 g/mol. The van der Waals surface area contributed by atoms with Crippen molar-refractivity contribution in [2.24, 2.45) is 11.3 Å². The van der Waals surface area contributed by atoms with E-state index in [0.717, 1.165) is 55.4 Å². The molecule has 252 valence electrons. The van der Waals surface area contributed by atoms with Gasteiger partial charge in [-0.2, -0.15) is 0 Å². The summed E-state index contributed by atoms with van der Waals surface area (Å²) in [5.74, 6) is 0.371. The lowest BCUT2D eigenvalue weighted by Crippen LogP contribution is -2.19. The summed E-state index contributed by atoms with van der Waals surface area (Å²) in [5.41, 5.74) is 10.9. The van der Waals surface area contributed by atoms with E-state index in [1.54, 1.807) is 6.08 Å². The Bertz CT molecular complexity index is 1610. The number of hydrogen-bond acceptors (Lipinski definition) is 4. The molecule has 0 fully saturated rings. The first kappa shape index (κ1) is 36.5. The molecule has 0 saturated heterocycles. The number of hydrogen-bond donors (Lipinski definition) is 3. The van der Waals surface area contributed by atoms with Gasteiger partial charge >= 0.3 is 0 Å². The van der Waals surface area contributed by atoms with Gasteiger partial charge in [-0.1, -0.05) is 147 Å². The molecule has 0 bridgehead atoms. The molecule has 0 saturated carbocycles. The molecule has 2 aliphatic carbocycles. The Kier molecular flexibility index (Phi) is 13.9. The van der Waals surface area contributed by atoms with E-state index in [9.17, 15) is 15.4 Å².